The molecule has 4 atom stereocenters. The van der Waals surface area contributed by atoms with Crippen LogP contribution < -0.4 is 0 Å². The molecule has 134 valence electrons. The van der Waals surface area contributed by atoms with Gasteiger partial charge in [-0.05, 0) is 36.8 Å². The fourth-order valence-electron chi connectivity index (χ4n) is 4.52. The van der Waals surface area contributed by atoms with Crippen LogP contribution in [0.5, 0.6) is 0 Å². The maximum absolute atomic E-state index is 13.9. The van der Waals surface area contributed by atoms with Crippen molar-refractivity contribution in [1.82, 2.24) is 14.7 Å². The second kappa shape index (κ2) is 6.84. The molecule has 6 heteroatoms. The van der Waals surface area contributed by atoms with Crippen LogP contribution >= 0.6 is 0 Å². The molecule has 1 aromatic heterocycles. The largest absolute Gasteiger partial charge is 0.379 e. The van der Waals surface area contributed by atoms with Gasteiger partial charge in [0.15, 0.2) is 0 Å². The monoisotopic (exact) mass is 347 g/mol. The summed E-state index contributed by atoms with van der Waals surface area (Å²) in [7, 11) is 1.77. The molecule has 0 amide bonds. The molecule has 1 aliphatic carbocycles. The second-order valence-electron chi connectivity index (χ2n) is 7.25. The van der Waals surface area contributed by atoms with E-state index in [2.05, 4.69) is 10.00 Å². The normalized spacial score (nSPS) is 29.7. The molecule has 0 unspecified atom stereocenters. The summed E-state index contributed by atoms with van der Waals surface area (Å²) in [5.74, 6) is 0.129. The Morgan fingerprint density at radius 2 is 2.00 bits per heavy atom. The van der Waals surface area contributed by atoms with Gasteiger partial charge < -0.3 is 4.74 Å². The number of methoxy groups -OCH3 is 1. The molecule has 25 heavy (non-hydrogen) atoms. The van der Waals surface area contributed by atoms with Crippen molar-refractivity contribution >= 4 is 0 Å². The first kappa shape index (κ1) is 16.7. The molecule has 1 saturated heterocycles. The van der Waals surface area contributed by atoms with E-state index in [1.807, 2.05) is 16.9 Å². The van der Waals surface area contributed by atoms with Crippen LogP contribution in [0.4, 0.5) is 8.78 Å². The Morgan fingerprint density at radius 3 is 2.68 bits per heavy atom. The lowest BCUT2D eigenvalue weighted by Crippen LogP contribution is -2.37. The van der Waals surface area contributed by atoms with Crippen molar-refractivity contribution < 1.29 is 13.5 Å². The maximum atomic E-state index is 13.9. The lowest BCUT2D eigenvalue weighted by molar-refractivity contribution is -0.00486. The average molecular weight is 347 g/mol. The zero-order chi connectivity index (χ0) is 17.4. The number of benzene rings is 1. The van der Waals surface area contributed by atoms with Crippen molar-refractivity contribution in [2.75, 3.05) is 20.2 Å². The minimum absolute atomic E-state index is 0.156. The van der Waals surface area contributed by atoms with Gasteiger partial charge >= 0.3 is 0 Å². The summed E-state index contributed by atoms with van der Waals surface area (Å²) in [6, 6.07) is 6.04. The molecule has 2 heterocycles. The van der Waals surface area contributed by atoms with E-state index in [-0.39, 0.29) is 12.1 Å². The van der Waals surface area contributed by atoms with Crippen molar-refractivity contribution in [3.63, 3.8) is 0 Å². The third kappa shape index (κ3) is 3.33. The van der Waals surface area contributed by atoms with Crippen molar-refractivity contribution in [3.05, 3.63) is 53.9 Å². The predicted molar refractivity (Wildman–Crippen MR) is 89.9 cm³/mol. The van der Waals surface area contributed by atoms with Gasteiger partial charge in [0.05, 0.1) is 12.1 Å². The second-order valence-corrected chi connectivity index (χ2v) is 7.25. The third-order valence-corrected chi connectivity index (χ3v) is 5.74. The molecule has 2 aromatic rings. The van der Waals surface area contributed by atoms with E-state index in [4.69, 9.17) is 4.74 Å². The van der Waals surface area contributed by atoms with Gasteiger partial charge in [0.25, 0.3) is 0 Å². The van der Waals surface area contributed by atoms with Crippen molar-refractivity contribution in [2.45, 2.75) is 31.5 Å². The van der Waals surface area contributed by atoms with E-state index < -0.39 is 11.6 Å². The first-order valence-electron chi connectivity index (χ1n) is 8.82. The molecule has 1 saturated carbocycles. The van der Waals surface area contributed by atoms with Crippen LogP contribution in [0.3, 0.4) is 0 Å². The van der Waals surface area contributed by atoms with E-state index in [1.54, 1.807) is 19.4 Å². The summed E-state index contributed by atoms with van der Waals surface area (Å²) < 4.78 is 34.8. The predicted octanol–water partition coefficient (Wildman–Crippen LogP) is 3.26. The number of nitrogens with zero attached hydrogens (tertiary/aromatic N) is 3. The van der Waals surface area contributed by atoms with Crippen LogP contribution in [0.25, 0.3) is 0 Å². The Hall–Kier alpha value is -1.79. The number of aromatic nitrogens is 2. The van der Waals surface area contributed by atoms with Crippen molar-refractivity contribution in [2.24, 2.45) is 11.8 Å². The molecule has 2 aliphatic rings. The van der Waals surface area contributed by atoms with Gasteiger partial charge in [0, 0.05) is 50.8 Å². The van der Waals surface area contributed by atoms with E-state index in [0.717, 1.165) is 32.0 Å². The highest BCUT2D eigenvalue weighted by Crippen LogP contribution is 2.42. The van der Waals surface area contributed by atoms with Gasteiger partial charge in [0.2, 0.25) is 0 Å². The Morgan fingerprint density at radius 1 is 1.20 bits per heavy atom. The van der Waals surface area contributed by atoms with E-state index >= 15 is 0 Å². The fourth-order valence-corrected chi connectivity index (χ4v) is 4.52. The SMILES string of the molecule is CO[C@H]1C[C@@H]2CN(Cc3ccc(F)cc3F)C[C@@H]2C[C@@H]1n1cccn1. The number of hydrogen-bond donors (Lipinski definition) is 0. The number of halogens is 2. The fraction of sp³-hybridized carbons (Fsp3) is 0.526. The molecule has 0 bridgehead atoms. The summed E-state index contributed by atoms with van der Waals surface area (Å²) >= 11 is 0. The molecule has 2 fully saturated rings. The van der Waals surface area contributed by atoms with Crippen molar-refractivity contribution in [3.8, 4) is 0 Å². The average Bonchev–Trinajstić information content (AvgIpc) is 3.24. The smallest absolute Gasteiger partial charge is 0.130 e. The molecule has 0 radical (unpaired) electrons. The highest BCUT2D eigenvalue weighted by atomic mass is 19.1. The summed E-state index contributed by atoms with van der Waals surface area (Å²) in [5.41, 5.74) is 0.562. The quantitative estimate of drug-likeness (QED) is 0.850. The summed E-state index contributed by atoms with van der Waals surface area (Å²) in [4.78, 5) is 2.28. The van der Waals surface area contributed by atoms with Crippen LogP contribution in [-0.2, 0) is 11.3 Å². The van der Waals surface area contributed by atoms with Crippen LogP contribution in [-0.4, -0.2) is 41.0 Å². The molecule has 0 spiro atoms. The number of likely N-dealkylation sites (tertiary alicyclic amines) is 1. The molecule has 0 N–H and O–H groups in total. The molecular formula is C19H23F2N3O. The van der Waals surface area contributed by atoms with Crippen molar-refractivity contribution in [1.29, 1.82) is 0 Å². The zero-order valence-electron chi connectivity index (χ0n) is 14.3. The van der Waals surface area contributed by atoms with E-state index in [9.17, 15) is 8.78 Å². The highest BCUT2D eigenvalue weighted by molar-refractivity contribution is 5.18. The van der Waals surface area contributed by atoms with Crippen LogP contribution in [0, 0.1) is 23.5 Å². The van der Waals surface area contributed by atoms with Gasteiger partial charge in [-0.3, -0.25) is 9.58 Å². The standard InChI is InChI=1S/C19H23F2N3O/c1-25-19-8-15-12-23(10-13-3-4-16(20)9-17(13)21)11-14(15)7-18(19)24-6-2-5-22-24/h2-6,9,14-15,18-19H,7-8,10-12H2,1H3/t14-,15+,18-,19-/m0/s1. The molecule has 4 rings (SSSR count). The Kier molecular flexibility index (Phi) is 4.56. The zero-order valence-corrected chi connectivity index (χ0v) is 14.3. The molecule has 1 aromatic carbocycles. The van der Waals surface area contributed by atoms with E-state index in [1.165, 1.54) is 6.07 Å². The Balaban J connectivity index is 1.45. The van der Waals surface area contributed by atoms with E-state index in [0.29, 0.717) is 23.9 Å². The lowest BCUT2D eigenvalue weighted by atomic mass is 9.77. The van der Waals surface area contributed by atoms with Crippen LogP contribution in [0.1, 0.15) is 24.4 Å². The first-order chi connectivity index (χ1) is 12.1. The van der Waals surface area contributed by atoms with Crippen LogP contribution in [0.15, 0.2) is 36.7 Å². The number of rotatable bonds is 4. The third-order valence-electron chi connectivity index (χ3n) is 5.74. The molecule has 4 nitrogen and oxygen atoms in total. The Labute approximate surface area is 146 Å². The van der Waals surface area contributed by atoms with Crippen LogP contribution in [0.2, 0.25) is 0 Å². The lowest BCUT2D eigenvalue weighted by Gasteiger charge is -2.37. The summed E-state index contributed by atoms with van der Waals surface area (Å²) in [6.07, 6.45) is 5.97. The van der Waals surface area contributed by atoms with Gasteiger partial charge in [-0.25, -0.2) is 8.78 Å². The van der Waals surface area contributed by atoms with Gasteiger partial charge in [0.1, 0.15) is 11.6 Å². The number of ether oxygens (including phenoxy) is 1. The topological polar surface area (TPSA) is 30.3 Å². The molecule has 1 aliphatic heterocycles. The number of hydrogen-bond acceptors (Lipinski definition) is 3. The minimum Gasteiger partial charge on any atom is -0.379 e. The minimum atomic E-state index is -0.527. The maximum Gasteiger partial charge on any atom is 0.130 e. The first-order valence-corrected chi connectivity index (χ1v) is 8.82. The summed E-state index contributed by atoms with van der Waals surface area (Å²) in [6.45, 7) is 2.41. The summed E-state index contributed by atoms with van der Waals surface area (Å²) in [5, 5.41) is 4.40. The van der Waals surface area contributed by atoms with Gasteiger partial charge in [-0.2, -0.15) is 5.10 Å². The highest BCUT2D eigenvalue weighted by Gasteiger charge is 2.43. The van der Waals surface area contributed by atoms with Gasteiger partial charge in [-0.15, -0.1) is 0 Å². The van der Waals surface area contributed by atoms with Gasteiger partial charge in [-0.1, -0.05) is 6.07 Å². The molecular weight excluding hydrogens is 324 g/mol. The Bertz CT molecular complexity index is 721. The number of fused-ring (bicyclic) bond motifs is 1.